The molecule has 1 aromatic carbocycles. The van der Waals surface area contributed by atoms with Gasteiger partial charge in [0.15, 0.2) is 5.96 Å². The van der Waals surface area contributed by atoms with E-state index >= 15 is 0 Å². The number of likely N-dealkylation sites (tertiary alicyclic amines) is 1. The highest BCUT2D eigenvalue weighted by molar-refractivity contribution is 5.80. The molecule has 6 heteroatoms. The summed E-state index contributed by atoms with van der Waals surface area (Å²) in [6.07, 6.45) is 5.18. The van der Waals surface area contributed by atoms with Crippen LogP contribution in [0.15, 0.2) is 41.7 Å². The first-order chi connectivity index (χ1) is 12.3. The Morgan fingerprint density at radius 3 is 2.64 bits per heavy atom. The highest BCUT2D eigenvalue weighted by Crippen LogP contribution is 2.21. The van der Waals surface area contributed by atoms with Crippen molar-refractivity contribution in [3.63, 3.8) is 0 Å². The molecule has 0 amide bonds. The molecule has 134 valence electrons. The van der Waals surface area contributed by atoms with E-state index in [4.69, 9.17) is 4.99 Å². The normalized spacial score (nSPS) is 16.2. The molecule has 0 spiro atoms. The fourth-order valence-electron chi connectivity index (χ4n) is 3.33. The average molecular weight is 340 g/mol. The topological polar surface area (TPSA) is 58.3 Å². The Balaban J connectivity index is 1.56. The van der Waals surface area contributed by atoms with Crippen molar-refractivity contribution in [3.8, 4) is 0 Å². The molecule has 25 heavy (non-hydrogen) atoms. The van der Waals surface area contributed by atoms with Gasteiger partial charge in [0.25, 0.3) is 0 Å². The van der Waals surface area contributed by atoms with Gasteiger partial charge in [0.05, 0.1) is 0 Å². The number of aryl methyl sites for hydroxylation is 1. The SMILES string of the molecule is CCNC(=NCc1ncnn1C)N1CCC(Cc2ccccc2)CC1. The van der Waals surface area contributed by atoms with Gasteiger partial charge in [-0.1, -0.05) is 30.3 Å². The van der Waals surface area contributed by atoms with Crippen LogP contribution in [-0.4, -0.2) is 45.3 Å². The van der Waals surface area contributed by atoms with Gasteiger partial charge < -0.3 is 10.2 Å². The molecule has 0 bridgehead atoms. The summed E-state index contributed by atoms with van der Waals surface area (Å²) < 4.78 is 1.78. The number of benzene rings is 1. The third kappa shape index (κ3) is 4.81. The van der Waals surface area contributed by atoms with Crippen LogP contribution in [-0.2, 0) is 20.0 Å². The number of hydrogen-bond acceptors (Lipinski definition) is 3. The second kappa shape index (κ2) is 8.65. The molecule has 1 saturated heterocycles. The number of guanidine groups is 1. The fourth-order valence-corrected chi connectivity index (χ4v) is 3.33. The van der Waals surface area contributed by atoms with Gasteiger partial charge in [0, 0.05) is 26.7 Å². The molecule has 0 atom stereocenters. The van der Waals surface area contributed by atoms with Crippen LogP contribution in [0.5, 0.6) is 0 Å². The number of rotatable bonds is 5. The summed E-state index contributed by atoms with van der Waals surface area (Å²) in [5.74, 6) is 2.64. The molecule has 0 unspecified atom stereocenters. The second-order valence-electron chi connectivity index (χ2n) is 6.59. The quantitative estimate of drug-likeness (QED) is 0.670. The minimum absolute atomic E-state index is 0.558. The van der Waals surface area contributed by atoms with E-state index in [9.17, 15) is 0 Å². The van der Waals surface area contributed by atoms with Gasteiger partial charge in [-0.3, -0.25) is 4.68 Å². The highest BCUT2D eigenvalue weighted by atomic mass is 15.3. The maximum absolute atomic E-state index is 4.76. The summed E-state index contributed by atoms with van der Waals surface area (Å²) in [7, 11) is 1.90. The molecule has 0 aliphatic carbocycles. The summed E-state index contributed by atoms with van der Waals surface area (Å²) in [4.78, 5) is 11.4. The maximum Gasteiger partial charge on any atom is 0.194 e. The first-order valence-corrected chi connectivity index (χ1v) is 9.16. The number of nitrogens with one attached hydrogen (secondary N) is 1. The van der Waals surface area contributed by atoms with Crippen LogP contribution in [0.2, 0.25) is 0 Å². The summed E-state index contributed by atoms with van der Waals surface area (Å²) in [5.41, 5.74) is 1.45. The molecule has 1 N–H and O–H groups in total. The molecule has 2 heterocycles. The van der Waals surface area contributed by atoms with Crippen molar-refractivity contribution < 1.29 is 0 Å². The Morgan fingerprint density at radius 1 is 1.24 bits per heavy atom. The summed E-state index contributed by atoms with van der Waals surface area (Å²) >= 11 is 0. The Bertz CT molecular complexity index is 670. The van der Waals surface area contributed by atoms with Gasteiger partial charge >= 0.3 is 0 Å². The van der Waals surface area contributed by atoms with Crippen molar-refractivity contribution in [2.24, 2.45) is 18.0 Å². The molecule has 1 aliphatic rings. The molecule has 1 aliphatic heterocycles. The Hall–Kier alpha value is -2.37. The first kappa shape index (κ1) is 17.5. The van der Waals surface area contributed by atoms with Crippen molar-refractivity contribution in [2.75, 3.05) is 19.6 Å². The van der Waals surface area contributed by atoms with Crippen molar-refractivity contribution in [1.82, 2.24) is 25.0 Å². The Labute approximate surface area is 150 Å². The fraction of sp³-hybridized carbons (Fsp3) is 0.526. The third-order valence-corrected chi connectivity index (χ3v) is 4.79. The number of aromatic nitrogens is 3. The summed E-state index contributed by atoms with van der Waals surface area (Å²) in [6.45, 7) is 5.66. The third-order valence-electron chi connectivity index (χ3n) is 4.79. The van der Waals surface area contributed by atoms with Crippen molar-refractivity contribution in [1.29, 1.82) is 0 Å². The van der Waals surface area contributed by atoms with E-state index in [1.807, 2.05) is 7.05 Å². The summed E-state index contributed by atoms with van der Waals surface area (Å²) in [6, 6.07) is 10.8. The minimum atomic E-state index is 0.558. The second-order valence-corrected chi connectivity index (χ2v) is 6.59. The number of nitrogens with zero attached hydrogens (tertiary/aromatic N) is 5. The predicted molar refractivity (Wildman–Crippen MR) is 100 cm³/mol. The largest absolute Gasteiger partial charge is 0.357 e. The van der Waals surface area contributed by atoms with Gasteiger partial charge in [-0.2, -0.15) is 5.10 Å². The van der Waals surface area contributed by atoms with Gasteiger partial charge in [0.1, 0.15) is 18.7 Å². The van der Waals surface area contributed by atoms with E-state index in [0.29, 0.717) is 6.54 Å². The van der Waals surface area contributed by atoms with Gasteiger partial charge in [-0.05, 0) is 37.7 Å². The summed E-state index contributed by atoms with van der Waals surface area (Å²) in [5, 5.41) is 7.52. The lowest BCUT2D eigenvalue weighted by atomic mass is 9.90. The predicted octanol–water partition coefficient (Wildman–Crippen LogP) is 2.24. The van der Waals surface area contributed by atoms with Crippen LogP contribution in [0.4, 0.5) is 0 Å². The zero-order valence-electron chi connectivity index (χ0n) is 15.2. The highest BCUT2D eigenvalue weighted by Gasteiger charge is 2.21. The molecule has 6 nitrogen and oxygen atoms in total. The molecule has 0 radical (unpaired) electrons. The van der Waals surface area contributed by atoms with Crippen molar-refractivity contribution >= 4 is 5.96 Å². The van der Waals surface area contributed by atoms with Crippen LogP contribution >= 0.6 is 0 Å². The van der Waals surface area contributed by atoms with Crippen LogP contribution in [0.25, 0.3) is 0 Å². The van der Waals surface area contributed by atoms with Gasteiger partial charge in [0.2, 0.25) is 0 Å². The molecular formula is C19H28N6. The maximum atomic E-state index is 4.76. The van der Waals surface area contributed by atoms with Gasteiger partial charge in [-0.25, -0.2) is 9.98 Å². The van der Waals surface area contributed by atoms with E-state index in [2.05, 4.69) is 57.6 Å². The lowest BCUT2D eigenvalue weighted by Gasteiger charge is -2.34. The van der Waals surface area contributed by atoms with E-state index < -0.39 is 0 Å². The minimum Gasteiger partial charge on any atom is -0.357 e. The van der Waals surface area contributed by atoms with E-state index in [-0.39, 0.29) is 0 Å². The Morgan fingerprint density at radius 2 is 2.00 bits per heavy atom. The Kier molecular flexibility index (Phi) is 6.04. The van der Waals surface area contributed by atoms with Crippen molar-refractivity contribution in [2.45, 2.75) is 32.7 Å². The number of piperidine rings is 1. The molecule has 0 saturated carbocycles. The monoisotopic (exact) mass is 340 g/mol. The molecule has 1 aromatic heterocycles. The molecule has 3 rings (SSSR count). The van der Waals surface area contributed by atoms with E-state index in [1.54, 1.807) is 11.0 Å². The smallest absolute Gasteiger partial charge is 0.194 e. The van der Waals surface area contributed by atoms with E-state index in [1.165, 1.54) is 24.8 Å². The zero-order chi connectivity index (χ0) is 17.5. The number of hydrogen-bond donors (Lipinski definition) is 1. The lowest BCUT2D eigenvalue weighted by molar-refractivity contribution is 0.259. The van der Waals surface area contributed by atoms with Crippen LogP contribution in [0, 0.1) is 5.92 Å². The average Bonchev–Trinajstić information content (AvgIpc) is 3.05. The molecule has 1 fully saturated rings. The molecule has 2 aromatic rings. The standard InChI is InChI=1S/C19H28N6/c1-3-20-19(21-14-18-22-15-23-24(18)2)25-11-9-17(10-12-25)13-16-7-5-4-6-8-16/h4-8,15,17H,3,9-14H2,1-2H3,(H,20,21). The van der Waals surface area contributed by atoms with Crippen LogP contribution in [0.3, 0.4) is 0 Å². The van der Waals surface area contributed by atoms with Crippen LogP contribution < -0.4 is 5.32 Å². The van der Waals surface area contributed by atoms with E-state index in [0.717, 1.165) is 37.3 Å². The lowest BCUT2D eigenvalue weighted by Crippen LogP contribution is -2.45. The number of aliphatic imine (C=N–C) groups is 1. The van der Waals surface area contributed by atoms with Crippen LogP contribution in [0.1, 0.15) is 31.2 Å². The molecular weight excluding hydrogens is 312 g/mol. The zero-order valence-corrected chi connectivity index (χ0v) is 15.2. The van der Waals surface area contributed by atoms with Gasteiger partial charge in [-0.15, -0.1) is 0 Å². The van der Waals surface area contributed by atoms with Crippen molar-refractivity contribution in [3.05, 3.63) is 48.0 Å². The first-order valence-electron chi connectivity index (χ1n) is 9.16.